The van der Waals surface area contributed by atoms with Crippen LogP contribution in [-0.2, 0) is 19.2 Å². The van der Waals surface area contributed by atoms with Gasteiger partial charge in [-0.3, -0.25) is 24.1 Å². The van der Waals surface area contributed by atoms with E-state index < -0.39 is 23.8 Å². The maximum atomic E-state index is 11.6. The summed E-state index contributed by atoms with van der Waals surface area (Å²) in [6.07, 6.45) is 2.26. The van der Waals surface area contributed by atoms with E-state index in [0.717, 1.165) is 17.1 Å². The molecule has 1 atom stereocenters. The Bertz CT molecular complexity index is 429. The van der Waals surface area contributed by atoms with Gasteiger partial charge in [0.1, 0.15) is 6.04 Å². The van der Waals surface area contributed by atoms with Crippen LogP contribution in [0, 0.1) is 0 Å². The summed E-state index contributed by atoms with van der Waals surface area (Å²) in [4.78, 5) is 46.6. The summed E-state index contributed by atoms with van der Waals surface area (Å²) in [6, 6.07) is -0.697. The highest BCUT2D eigenvalue weighted by Crippen LogP contribution is 2.04. The lowest BCUT2D eigenvalue weighted by atomic mass is 10.2. The number of imide groups is 1. The number of carbonyl (C=O) groups excluding carboxylic acids is 4. The molecule has 0 fully saturated rings. The van der Waals surface area contributed by atoms with Crippen LogP contribution < -0.4 is 16.4 Å². The normalized spacial score (nSPS) is 15.4. The molecule has 0 spiro atoms. The second-order valence-corrected chi connectivity index (χ2v) is 4.28. The van der Waals surface area contributed by atoms with Crippen molar-refractivity contribution < 1.29 is 19.2 Å². The number of hydrogen-bond donors (Lipinski definition) is 3. The molecule has 1 aliphatic heterocycles. The molecule has 8 nitrogen and oxygen atoms in total. The summed E-state index contributed by atoms with van der Waals surface area (Å²) >= 11 is 0. The van der Waals surface area contributed by atoms with E-state index in [1.807, 2.05) is 0 Å². The Balaban J connectivity index is 2.31. The third-order valence-electron chi connectivity index (χ3n) is 2.68. The molecule has 0 aromatic rings. The van der Waals surface area contributed by atoms with Gasteiger partial charge in [0.15, 0.2) is 0 Å². The predicted molar refractivity (Wildman–Crippen MR) is 70.1 cm³/mol. The van der Waals surface area contributed by atoms with Crippen molar-refractivity contribution in [3.63, 3.8) is 0 Å². The molecule has 0 radical (unpaired) electrons. The van der Waals surface area contributed by atoms with Crippen LogP contribution in [0.3, 0.4) is 0 Å². The molecule has 0 aromatic carbocycles. The highest BCUT2D eigenvalue weighted by atomic mass is 16.2. The van der Waals surface area contributed by atoms with Crippen molar-refractivity contribution in [2.24, 2.45) is 5.73 Å². The van der Waals surface area contributed by atoms with Gasteiger partial charge in [0.25, 0.3) is 11.8 Å². The molecule has 4 amide bonds. The summed E-state index contributed by atoms with van der Waals surface area (Å²) in [5, 5.41) is 5.02. The van der Waals surface area contributed by atoms with E-state index in [2.05, 4.69) is 10.6 Å². The maximum Gasteiger partial charge on any atom is 0.253 e. The molecular weight excluding hydrogens is 264 g/mol. The van der Waals surface area contributed by atoms with Crippen LogP contribution >= 0.6 is 0 Å². The molecule has 0 bridgehead atoms. The maximum absolute atomic E-state index is 11.6. The molecule has 8 heteroatoms. The summed E-state index contributed by atoms with van der Waals surface area (Å²) in [5.74, 6) is -1.61. The van der Waals surface area contributed by atoms with Crippen molar-refractivity contribution in [1.82, 2.24) is 15.5 Å². The summed E-state index contributed by atoms with van der Waals surface area (Å²) in [5.41, 5.74) is 5.24. The highest BCUT2D eigenvalue weighted by molar-refractivity contribution is 6.13. The van der Waals surface area contributed by atoms with E-state index in [1.165, 1.54) is 6.92 Å². The Labute approximate surface area is 116 Å². The van der Waals surface area contributed by atoms with Gasteiger partial charge in [-0.2, -0.15) is 0 Å². The lowest BCUT2D eigenvalue weighted by Crippen LogP contribution is -2.46. The number of rotatable bonds is 7. The topological polar surface area (TPSA) is 122 Å². The molecule has 0 unspecified atom stereocenters. The molecule has 1 heterocycles. The SMILES string of the molecule is C[C@H](NC(=O)CCN1C(=O)C=CC1=O)C(=O)NCCN. The molecule has 20 heavy (non-hydrogen) atoms. The minimum atomic E-state index is -0.697. The van der Waals surface area contributed by atoms with Crippen molar-refractivity contribution >= 4 is 23.6 Å². The Morgan fingerprint density at radius 2 is 1.90 bits per heavy atom. The van der Waals surface area contributed by atoms with Crippen molar-refractivity contribution in [2.45, 2.75) is 19.4 Å². The second kappa shape index (κ2) is 7.39. The largest absolute Gasteiger partial charge is 0.353 e. The van der Waals surface area contributed by atoms with Crippen LogP contribution in [0.25, 0.3) is 0 Å². The zero-order valence-corrected chi connectivity index (χ0v) is 11.2. The van der Waals surface area contributed by atoms with E-state index in [1.54, 1.807) is 0 Å². The minimum Gasteiger partial charge on any atom is -0.353 e. The Hall–Kier alpha value is -2.22. The predicted octanol–water partition coefficient (Wildman–Crippen LogP) is -2.12. The lowest BCUT2D eigenvalue weighted by molar-refractivity contribution is -0.137. The summed E-state index contributed by atoms with van der Waals surface area (Å²) in [7, 11) is 0. The van der Waals surface area contributed by atoms with Crippen LogP contribution in [0.5, 0.6) is 0 Å². The Morgan fingerprint density at radius 3 is 2.45 bits per heavy atom. The molecule has 110 valence electrons. The van der Waals surface area contributed by atoms with Crippen LogP contribution in [0.15, 0.2) is 12.2 Å². The van der Waals surface area contributed by atoms with Crippen LogP contribution in [0.2, 0.25) is 0 Å². The quantitative estimate of drug-likeness (QED) is 0.461. The summed E-state index contributed by atoms with van der Waals surface area (Å²) in [6.45, 7) is 2.19. The van der Waals surface area contributed by atoms with Gasteiger partial charge in [-0.05, 0) is 6.92 Å². The zero-order valence-electron chi connectivity index (χ0n) is 11.2. The van der Waals surface area contributed by atoms with E-state index in [4.69, 9.17) is 5.73 Å². The monoisotopic (exact) mass is 282 g/mol. The van der Waals surface area contributed by atoms with Gasteiger partial charge in [-0.1, -0.05) is 0 Å². The fraction of sp³-hybridized carbons (Fsp3) is 0.500. The van der Waals surface area contributed by atoms with E-state index in [-0.39, 0.29) is 18.9 Å². The number of nitrogens with two attached hydrogens (primary N) is 1. The standard InChI is InChI=1S/C12H18N4O4/c1-8(12(20)14-6-5-13)15-9(17)4-7-16-10(18)2-3-11(16)19/h2-3,8H,4-7,13H2,1H3,(H,14,20)(H,15,17)/t8-/m0/s1. The number of amides is 4. The third kappa shape index (κ3) is 4.47. The number of nitrogens with one attached hydrogen (secondary N) is 2. The van der Waals surface area contributed by atoms with Gasteiger partial charge < -0.3 is 16.4 Å². The van der Waals surface area contributed by atoms with Crippen molar-refractivity contribution in [3.05, 3.63) is 12.2 Å². The van der Waals surface area contributed by atoms with Crippen LogP contribution in [0.4, 0.5) is 0 Å². The second-order valence-electron chi connectivity index (χ2n) is 4.28. The van der Waals surface area contributed by atoms with E-state index >= 15 is 0 Å². The van der Waals surface area contributed by atoms with E-state index in [0.29, 0.717) is 13.1 Å². The average molecular weight is 282 g/mol. The highest BCUT2D eigenvalue weighted by Gasteiger charge is 2.24. The fourth-order valence-corrected chi connectivity index (χ4v) is 1.59. The third-order valence-corrected chi connectivity index (χ3v) is 2.68. The minimum absolute atomic E-state index is 0.00631. The van der Waals surface area contributed by atoms with Crippen molar-refractivity contribution in [2.75, 3.05) is 19.6 Å². The molecule has 0 aromatic heterocycles. The molecule has 0 saturated heterocycles. The first kappa shape index (κ1) is 15.8. The average Bonchev–Trinajstić information content (AvgIpc) is 2.73. The molecule has 0 aliphatic carbocycles. The van der Waals surface area contributed by atoms with Gasteiger partial charge in [0.05, 0.1) is 0 Å². The van der Waals surface area contributed by atoms with Gasteiger partial charge in [0.2, 0.25) is 11.8 Å². The van der Waals surface area contributed by atoms with Gasteiger partial charge in [-0.25, -0.2) is 0 Å². The van der Waals surface area contributed by atoms with Gasteiger partial charge >= 0.3 is 0 Å². The fourth-order valence-electron chi connectivity index (χ4n) is 1.59. The number of carbonyl (C=O) groups is 4. The Morgan fingerprint density at radius 1 is 1.30 bits per heavy atom. The molecule has 1 rings (SSSR count). The van der Waals surface area contributed by atoms with Gasteiger partial charge in [0, 0.05) is 38.2 Å². The number of hydrogen-bond acceptors (Lipinski definition) is 5. The lowest BCUT2D eigenvalue weighted by Gasteiger charge is -2.16. The first-order valence-corrected chi connectivity index (χ1v) is 6.26. The molecule has 1 aliphatic rings. The smallest absolute Gasteiger partial charge is 0.253 e. The van der Waals surface area contributed by atoms with E-state index in [9.17, 15) is 19.2 Å². The molecule has 4 N–H and O–H groups in total. The first-order chi connectivity index (χ1) is 9.45. The van der Waals surface area contributed by atoms with Crippen LogP contribution in [0.1, 0.15) is 13.3 Å². The first-order valence-electron chi connectivity index (χ1n) is 6.26. The Kier molecular flexibility index (Phi) is 5.85. The summed E-state index contributed by atoms with van der Waals surface area (Å²) < 4.78 is 0. The number of nitrogens with zero attached hydrogens (tertiary/aromatic N) is 1. The van der Waals surface area contributed by atoms with Gasteiger partial charge in [-0.15, -0.1) is 0 Å². The van der Waals surface area contributed by atoms with Crippen molar-refractivity contribution in [1.29, 1.82) is 0 Å². The van der Waals surface area contributed by atoms with Crippen LogP contribution in [-0.4, -0.2) is 54.2 Å². The van der Waals surface area contributed by atoms with Crippen molar-refractivity contribution in [3.8, 4) is 0 Å². The molecular formula is C12H18N4O4. The zero-order chi connectivity index (χ0) is 15.1. The molecule has 0 saturated carbocycles.